The van der Waals surface area contributed by atoms with E-state index in [1.807, 2.05) is 0 Å². The van der Waals surface area contributed by atoms with Gasteiger partial charge in [0.2, 0.25) is 0 Å². The standard InChI is InChI=1S/C8H6Br2Cl4/c9-2-4-6(12)5(11)1-8(14,3-10)7(4)13/h1,7H,2-3H2. The maximum atomic E-state index is 6.29. The minimum Gasteiger partial charge on any atom is -0.116 e. The van der Waals surface area contributed by atoms with Crippen molar-refractivity contribution in [1.82, 2.24) is 0 Å². The number of halogens is 6. The van der Waals surface area contributed by atoms with Crippen LogP contribution in [-0.4, -0.2) is 20.9 Å². The lowest BCUT2D eigenvalue weighted by molar-refractivity contribution is 0.772. The zero-order valence-electron chi connectivity index (χ0n) is 6.84. The molecule has 0 nitrogen and oxygen atoms in total. The SMILES string of the molecule is ClC1=CC(Cl)(CBr)C(Cl)C(CBr)=C1Cl. The van der Waals surface area contributed by atoms with E-state index in [4.69, 9.17) is 46.4 Å². The normalized spacial score (nSPS) is 33.3. The van der Waals surface area contributed by atoms with Gasteiger partial charge in [-0.1, -0.05) is 55.1 Å². The van der Waals surface area contributed by atoms with Crippen LogP contribution in [0.1, 0.15) is 0 Å². The van der Waals surface area contributed by atoms with Crippen LogP contribution >= 0.6 is 78.3 Å². The Morgan fingerprint density at radius 1 is 1.36 bits per heavy atom. The molecule has 0 fully saturated rings. The van der Waals surface area contributed by atoms with Crippen LogP contribution in [0.2, 0.25) is 0 Å². The van der Waals surface area contributed by atoms with Gasteiger partial charge >= 0.3 is 0 Å². The van der Waals surface area contributed by atoms with Crippen LogP contribution in [-0.2, 0) is 0 Å². The van der Waals surface area contributed by atoms with Crippen molar-refractivity contribution in [3.8, 4) is 0 Å². The highest BCUT2D eigenvalue weighted by Gasteiger charge is 2.40. The van der Waals surface area contributed by atoms with Crippen LogP contribution in [0.3, 0.4) is 0 Å². The fourth-order valence-corrected chi connectivity index (χ4v) is 3.98. The second-order valence-corrected chi connectivity index (χ2v) is 5.93. The van der Waals surface area contributed by atoms with Gasteiger partial charge in [-0.3, -0.25) is 0 Å². The third kappa shape index (κ3) is 2.46. The van der Waals surface area contributed by atoms with Crippen LogP contribution in [0, 0.1) is 0 Å². The van der Waals surface area contributed by atoms with Crippen molar-refractivity contribution in [2.24, 2.45) is 0 Å². The van der Waals surface area contributed by atoms with Gasteiger partial charge < -0.3 is 0 Å². The van der Waals surface area contributed by atoms with Gasteiger partial charge in [-0.2, -0.15) is 0 Å². The molecule has 0 spiro atoms. The fraction of sp³-hybridized carbons (Fsp3) is 0.500. The summed E-state index contributed by atoms with van der Waals surface area (Å²) in [6.45, 7) is 0. The summed E-state index contributed by atoms with van der Waals surface area (Å²) in [4.78, 5) is -0.708. The summed E-state index contributed by atoms with van der Waals surface area (Å²) in [5, 5.41) is 1.66. The molecule has 0 aromatic rings. The van der Waals surface area contributed by atoms with E-state index >= 15 is 0 Å². The highest BCUT2D eigenvalue weighted by atomic mass is 79.9. The van der Waals surface area contributed by atoms with Crippen LogP contribution in [0.5, 0.6) is 0 Å². The minimum absolute atomic E-state index is 0.363. The summed E-state index contributed by atoms with van der Waals surface area (Å²) in [7, 11) is 0. The number of alkyl halides is 4. The molecular weight excluding hydrogens is 398 g/mol. The summed E-state index contributed by atoms with van der Waals surface area (Å²) >= 11 is 31.1. The Morgan fingerprint density at radius 3 is 2.36 bits per heavy atom. The molecule has 1 rings (SSSR count). The molecule has 0 saturated carbocycles. The molecule has 0 saturated heterocycles. The largest absolute Gasteiger partial charge is 0.116 e. The summed E-state index contributed by atoms with van der Waals surface area (Å²) < 4.78 is 0. The van der Waals surface area contributed by atoms with Crippen molar-refractivity contribution in [3.05, 3.63) is 21.7 Å². The van der Waals surface area contributed by atoms with E-state index in [2.05, 4.69) is 31.9 Å². The Kier molecular flexibility index (Phi) is 5.16. The van der Waals surface area contributed by atoms with Gasteiger partial charge in [0.05, 0.1) is 20.3 Å². The highest BCUT2D eigenvalue weighted by Crippen LogP contribution is 2.43. The Hall–Kier alpha value is 1.60. The van der Waals surface area contributed by atoms with E-state index in [-0.39, 0.29) is 5.38 Å². The molecule has 14 heavy (non-hydrogen) atoms. The van der Waals surface area contributed by atoms with E-state index in [1.165, 1.54) is 0 Å². The lowest BCUT2D eigenvalue weighted by Gasteiger charge is -2.32. The van der Waals surface area contributed by atoms with Crippen LogP contribution < -0.4 is 0 Å². The van der Waals surface area contributed by atoms with Gasteiger partial charge in [-0.25, -0.2) is 0 Å². The molecule has 0 aromatic heterocycles. The Balaban J connectivity index is 3.17. The molecule has 1 aliphatic rings. The van der Waals surface area contributed by atoms with Gasteiger partial charge in [0, 0.05) is 10.7 Å². The number of allylic oxidation sites excluding steroid dienone is 4. The van der Waals surface area contributed by atoms with E-state index < -0.39 is 4.87 Å². The zero-order chi connectivity index (χ0) is 10.9. The molecule has 0 radical (unpaired) electrons. The highest BCUT2D eigenvalue weighted by molar-refractivity contribution is 9.09. The first-order valence-corrected chi connectivity index (χ1v) is 7.49. The average molecular weight is 404 g/mol. The van der Waals surface area contributed by atoms with Crippen LogP contribution in [0.15, 0.2) is 21.7 Å². The lowest BCUT2D eigenvalue weighted by Crippen LogP contribution is -2.37. The first kappa shape index (κ1) is 13.7. The summed E-state index contributed by atoms with van der Waals surface area (Å²) in [6.07, 6.45) is 1.68. The average Bonchev–Trinajstić information content (AvgIpc) is 2.16. The first-order chi connectivity index (χ1) is 6.46. The molecule has 1 aliphatic carbocycles. The van der Waals surface area contributed by atoms with Gasteiger partial charge in [-0.15, -0.1) is 23.2 Å². The monoisotopic (exact) mass is 400 g/mol. The van der Waals surface area contributed by atoms with Crippen LogP contribution in [0.4, 0.5) is 0 Å². The van der Waals surface area contributed by atoms with Gasteiger partial charge in [0.25, 0.3) is 0 Å². The van der Waals surface area contributed by atoms with Gasteiger partial charge in [0.1, 0.15) is 0 Å². The van der Waals surface area contributed by atoms with E-state index in [0.29, 0.717) is 20.7 Å². The minimum atomic E-state index is -0.708. The molecule has 2 atom stereocenters. The predicted molar refractivity (Wildman–Crippen MR) is 72.6 cm³/mol. The maximum Gasteiger partial charge on any atom is 0.0941 e. The fourth-order valence-electron chi connectivity index (χ4n) is 1.13. The Morgan fingerprint density at radius 2 is 1.93 bits per heavy atom. The van der Waals surface area contributed by atoms with Gasteiger partial charge in [-0.05, 0) is 11.6 Å². The van der Waals surface area contributed by atoms with Crippen molar-refractivity contribution in [1.29, 1.82) is 0 Å². The zero-order valence-corrected chi connectivity index (χ0v) is 13.0. The van der Waals surface area contributed by atoms with E-state index in [9.17, 15) is 0 Å². The summed E-state index contributed by atoms with van der Waals surface area (Å²) in [5.41, 5.74) is 0.815. The molecule has 80 valence electrons. The quantitative estimate of drug-likeness (QED) is 0.570. The number of hydrogen-bond acceptors (Lipinski definition) is 0. The van der Waals surface area contributed by atoms with Crippen molar-refractivity contribution < 1.29 is 0 Å². The van der Waals surface area contributed by atoms with Crippen molar-refractivity contribution >= 4 is 78.3 Å². The van der Waals surface area contributed by atoms with E-state index in [1.54, 1.807) is 6.08 Å². The second-order valence-electron chi connectivity index (χ2n) is 2.89. The Bertz CT molecular complexity index is 300. The molecule has 0 N–H and O–H groups in total. The van der Waals surface area contributed by atoms with Crippen molar-refractivity contribution in [3.63, 3.8) is 0 Å². The molecule has 0 aliphatic heterocycles. The summed E-state index contributed by atoms with van der Waals surface area (Å²) in [6, 6.07) is 0. The molecule has 0 bridgehead atoms. The Labute approximate surface area is 120 Å². The lowest BCUT2D eigenvalue weighted by atomic mass is 9.95. The third-order valence-corrected chi connectivity index (χ3v) is 5.86. The molecule has 0 amide bonds. The molecule has 0 aromatic carbocycles. The van der Waals surface area contributed by atoms with Crippen LogP contribution in [0.25, 0.3) is 0 Å². The van der Waals surface area contributed by atoms with E-state index in [0.717, 1.165) is 5.57 Å². The summed E-state index contributed by atoms with van der Waals surface area (Å²) in [5.74, 6) is 0. The molecular formula is C8H6Br2Cl4. The molecule has 6 heteroatoms. The van der Waals surface area contributed by atoms with Gasteiger partial charge in [0.15, 0.2) is 0 Å². The predicted octanol–water partition coefficient (Wildman–Crippen LogP) is 4.99. The second kappa shape index (κ2) is 5.29. The first-order valence-electron chi connectivity index (χ1n) is 3.68. The smallest absolute Gasteiger partial charge is 0.0941 e. The van der Waals surface area contributed by atoms with Crippen molar-refractivity contribution in [2.45, 2.75) is 10.3 Å². The van der Waals surface area contributed by atoms with Crippen molar-refractivity contribution in [2.75, 3.05) is 10.7 Å². The number of rotatable bonds is 2. The maximum absolute atomic E-state index is 6.29. The number of hydrogen-bond donors (Lipinski definition) is 0. The third-order valence-electron chi connectivity index (χ3n) is 1.93. The molecule has 2 unspecified atom stereocenters. The topological polar surface area (TPSA) is 0 Å². The molecule has 0 heterocycles.